The van der Waals surface area contributed by atoms with E-state index in [4.69, 9.17) is 11.6 Å². The molecule has 1 heterocycles. The summed E-state index contributed by atoms with van der Waals surface area (Å²) >= 11 is 6.20. The van der Waals surface area contributed by atoms with Crippen LogP contribution in [0, 0.1) is 0 Å². The van der Waals surface area contributed by atoms with Crippen LogP contribution in [0.5, 0.6) is 0 Å². The standard InChI is InChI=1S/C22H40ClN/c1-3-4-5-6-7-8-9-10-11-12-13-14-15-16-19-24-20-17-18-22(23)21(24)2/h17-18,20-21H,3-16,19H2,1-2H3. The van der Waals surface area contributed by atoms with Crippen LogP contribution in [-0.2, 0) is 0 Å². The summed E-state index contributed by atoms with van der Waals surface area (Å²) < 4.78 is 0. The number of allylic oxidation sites excluding steroid dienone is 2. The van der Waals surface area contributed by atoms with Crippen LogP contribution in [0.15, 0.2) is 23.4 Å². The van der Waals surface area contributed by atoms with E-state index in [1.165, 1.54) is 89.9 Å². The van der Waals surface area contributed by atoms with Gasteiger partial charge < -0.3 is 4.90 Å². The first-order valence-corrected chi connectivity index (χ1v) is 10.9. The van der Waals surface area contributed by atoms with Gasteiger partial charge in [-0.05, 0) is 31.7 Å². The van der Waals surface area contributed by atoms with Crippen LogP contribution in [0.3, 0.4) is 0 Å². The van der Waals surface area contributed by atoms with Gasteiger partial charge in [-0.2, -0.15) is 0 Å². The molecule has 0 aromatic rings. The Kier molecular flexibility index (Phi) is 13.4. The molecule has 0 N–H and O–H groups in total. The third kappa shape index (κ3) is 10.4. The maximum Gasteiger partial charge on any atom is 0.0615 e. The highest BCUT2D eigenvalue weighted by molar-refractivity contribution is 6.30. The minimum atomic E-state index is 0.360. The highest BCUT2D eigenvalue weighted by Gasteiger charge is 2.14. The maximum absolute atomic E-state index is 6.20. The first-order chi connectivity index (χ1) is 11.8. The second-order valence-corrected chi connectivity index (χ2v) is 7.84. The Bertz CT molecular complexity index is 348. The summed E-state index contributed by atoms with van der Waals surface area (Å²) in [7, 11) is 0. The second kappa shape index (κ2) is 14.9. The normalized spacial score (nSPS) is 17.4. The van der Waals surface area contributed by atoms with E-state index >= 15 is 0 Å². The average Bonchev–Trinajstić information content (AvgIpc) is 2.58. The lowest BCUT2D eigenvalue weighted by Gasteiger charge is -2.29. The van der Waals surface area contributed by atoms with Gasteiger partial charge in [0.1, 0.15) is 0 Å². The molecule has 2 heteroatoms. The van der Waals surface area contributed by atoms with Crippen molar-refractivity contribution in [2.24, 2.45) is 0 Å². The van der Waals surface area contributed by atoms with Gasteiger partial charge in [-0.15, -0.1) is 0 Å². The molecule has 0 aromatic heterocycles. The van der Waals surface area contributed by atoms with Crippen molar-refractivity contribution >= 4 is 11.6 Å². The predicted octanol–water partition coefficient (Wildman–Crippen LogP) is 7.81. The minimum absolute atomic E-state index is 0.360. The molecule has 1 atom stereocenters. The Hall–Kier alpha value is -0.430. The Morgan fingerprint density at radius 1 is 0.792 bits per heavy atom. The van der Waals surface area contributed by atoms with Gasteiger partial charge in [0.25, 0.3) is 0 Å². The molecule has 1 rings (SSSR count). The van der Waals surface area contributed by atoms with Gasteiger partial charge in [0, 0.05) is 11.6 Å². The fraction of sp³-hybridized carbons (Fsp3) is 0.818. The summed E-state index contributed by atoms with van der Waals surface area (Å²) in [5, 5.41) is 0.961. The Morgan fingerprint density at radius 3 is 1.75 bits per heavy atom. The first kappa shape index (κ1) is 21.6. The van der Waals surface area contributed by atoms with Gasteiger partial charge in [0.15, 0.2) is 0 Å². The fourth-order valence-corrected chi connectivity index (χ4v) is 3.63. The lowest BCUT2D eigenvalue weighted by atomic mass is 10.0. The van der Waals surface area contributed by atoms with Crippen LogP contribution in [0.25, 0.3) is 0 Å². The highest BCUT2D eigenvalue weighted by Crippen LogP contribution is 2.20. The number of halogens is 1. The van der Waals surface area contributed by atoms with Crippen LogP contribution in [-0.4, -0.2) is 17.5 Å². The van der Waals surface area contributed by atoms with Crippen LogP contribution >= 0.6 is 11.6 Å². The SMILES string of the molecule is CCCCCCCCCCCCCCCCN1C=CC=C(Cl)C1C. The maximum atomic E-state index is 6.20. The Balaban J connectivity index is 1.80. The quantitative estimate of drug-likeness (QED) is 0.271. The molecule has 0 spiro atoms. The number of nitrogens with zero attached hydrogens (tertiary/aromatic N) is 1. The van der Waals surface area contributed by atoms with Crippen LogP contribution < -0.4 is 0 Å². The van der Waals surface area contributed by atoms with Crippen LogP contribution in [0.4, 0.5) is 0 Å². The Labute approximate surface area is 156 Å². The van der Waals surface area contributed by atoms with E-state index in [0.717, 1.165) is 11.6 Å². The molecule has 0 radical (unpaired) electrons. The number of hydrogen-bond donors (Lipinski definition) is 0. The number of unbranched alkanes of at least 4 members (excludes halogenated alkanes) is 13. The van der Waals surface area contributed by atoms with Crippen molar-refractivity contribution in [2.45, 2.75) is 110 Å². The zero-order chi connectivity index (χ0) is 17.5. The molecule has 1 nitrogen and oxygen atoms in total. The summed E-state index contributed by atoms with van der Waals surface area (Å²) in [4.78, 5) is 2.36. The largest absolute Gasteiger partial charge is 0.370 e. The van der Waals surface area contributed by atoms with Crippen molar-refractivity contribution in [1.82, 2.24) is 4.90 Å². The lowest BCUT2D eigenvalue weighted by Crippen LogP contribution is -2.30. The van der Waals surface area contributed by atoms with Gasteiger partial charge in [0.2, 0.25) is 0 Å². The van der Waals surface area contributed by atoms with E-state index in [1.807, 2.05) is 6.08 Å². The lowest BCUT2D eigenvalue weighted by molar-refractivity contribution is 0.318. The van der Waals surface area contributed by atoms with E-state index in [0.29, 0.717) is 6.04 Å². The van der Waals surface area contributed by atoms with Gasteiger partial charge in [0.05, 0.1) is 6.04 Å². The van der Waals surface area contributed by atoms with Crippen molar-refractivity contribution in [3.05, 3.63) is 23.4 Å². The second-order valence-electron chi connectivity index (χ2n) is 7.40. The number of rotatable bonds is 15. The van der Waals surface area contributed by atoms with E-state index in [2.05, 4.69) is 31.0 Å². The van der Waals surface area contributed by atoms with Gasteiger partial charge in [-0.1, -0.05) is 102 Å². The van der Waals surface area contributed by atoms with Crippen molar-refractivity contribution in [2.75, 3.05) is 6.54 Å². The minimum Gasteiger partial charge on any atom is -0.370 e. The van der Waals surface area contributed by atoms with Crippen molar-refractivity contribution in [3.63, 3.8) is 0 Å². The molecule has 0 aliphatic carbocycles. The van der Waals surface area contributed by atoms with Gasteiger partial charge >= 0.3 is 0 Å². The molecule has 1 aliphatic rings. The Morgan fingerprint density at radius 2 is 1.25 bits per heavy atom. The molecule has 0 aromatic carbocycles. The third-order valence-corrected chi connectivity index (χ3v) is 5.64. The van der Waals surface area contributed by atoms with E-state index in [-0.39, 0.29) is 0 Å². The van der Waals surface area contributed by atoms with E-state index in [1.54, 1.807) is 0 Å². The molecule has 0 bridgehead atoms. The molecule has 1 aliphatic heterocycles. The van der Waals surface area contributed by atoms with Gasteiger partial charge in [-0.25, -0.2) is 0 Å². The summed E-state index contributed by atoms with van der Waals surface area (Å²) in [5.74, 6) is 0. The van der Waals surface area contributed by atoms with Crippen molar-refractivity contribution < 1.29 is 0 Å². The van der Waals surface area contributed by atoms with Gasteiger partial charge in [-0.3, -0.25) is 0 Å². The zero-order valence-electron chi connectivity index (χ0n) is 16.2. The van der Waals surface area contributed by atoms with Crippen LogP contribution in [0.1, 0.15) is 104 Å². The van der Waals surface area contributed by atoms with Crippen molar-refractivity contribution in [3.8, 4) is 0 Å². The smallest absolute Gasteiger partial charge is 0.0615 e. The average molecular weight is 354 g/mol. The summed E-state index contributed by atoms with van der Waals surface area (Å²) in [6.07, 6.45) is 26.1. The molecular formula is C22H40ClN. The molecule has 0 amide bonds. The topological polar surface area (TPSA) is 3.24 Å². The van der Waals surface area contributed by atoms with Crippen LogP contribution in [0.2, 0.25) is 0 Å². The monoisotopic (exact) mass is 353 g/mol. The highest BCUT2D eigenvalue weighted by atomic mass is 35.5. The summed E-state index contributed by atoms with van der Waals surface area (Å²) in [6.45, 7) is 5.62. The summed E-state index contributed by atoms with van der Waals surface area (Å²) in [6, 6.07) is 0.360. The van der Waals surface area contributed by atoms with E-state index in [9.17, 15) is 0 Å². The fourth-order valence-electron chi connectivity index (χ4n) is 3.43. The number of hydrogen-bond acceptors (Lipinski definition) is 1. The summed E-state index contributed by atoms with van der Waals surface area (Å²) in [5.41, 5.74) is 0. The zero-order valence-corrected chi connectivity index (χ0v) is 17.0. The molecule has 24 heavy (non-hydrogen) atoms. The third-order valence-electron chi connectivity index (χ3n) is 5.20. The predicted molar refractivity (Wildman–Crippen MR) is 110 cm³/mol. The van der Waals surface area contributed by atoms with Crippen molar-refractivity contribution in [1.29, 1.82) is 0 Å². The molecule has 0 saturated carbocycles. The van der Waals surface area contributed by atoms with E-state index < -0.39 is 0 Å². The first-order valence-electron chi connectivity index (χ1n) is 10.6. The molecular weight excluding hydrogens is 314 g/mol. The molecule has 1 unspecified atom stereocenters. The molecule has 140 valence electrons. The molecule has 0 saturated heterocycles. The molecule has 0 fully saturated rings.